The summed E-state index contributed by atoms with van der Waals surface area (Å²) >= 11 is 0. The Morgan fingerprint density at radius 2 is 1.81 bits per heavy atom. The molecule has 2 aromatic heterocycles. The predicted octanol–water partition coefficient (Wildman–Crippen LogP) is 3.44. The van der Waals surface area contributed by atoms with Crippen molar-refractivity contribution in [2.75, 3.05) is 31.5 Å². The molecule has 0 amide bonds. The number of hydrogen-bond donors (Lipinski definition) is 1. The number of nitrogens with one attached hydrogen (secondary N) is 1. The van der Waals surface area contributed by atoms with Gasteiger partial charge in [0.05, 0.1) is 11.4 Å². The number of hydrogen-bond acceptors (Lipinski definition) is 5. The molecule has 0 bridgehead atoms. The third-order valence-corrected chi connectivity index (χ3v) is 4.84. The number of aromatic nitrogens is 3. The topological polar surface area (TPSA) is 53.9 Å². The largest absolute Gasteiger partial charge is 0.353 e. The SMILES string of the molecule is c1ccc(C2CCN(CCNc3nccc(-c4ccccn4)n3)C2)cc1. The van der Waals surface area contributed by atoms with Crippen LogP contribution in [0.2, 0.25) is 0 Å². The first-order valence-electron chi connectivity index (χ1n) is 9.14. The van der Waals surface area contributed by atoms with Crippen molar-refractivity contribution in [2.24, 2.45) is 0 Å². The monoisotopic (exact) mass is 345 g/mol. The van der Waals surface area contributed by atoms with Gasteiger partial charge in [0.2, 0.25) is 5.95 Å². The third-order valence-electron chi connectivity index (χ3n) is 4.84. The van der Waals surface area contributed by atoms with Gasteiger partial charge in [0.1, 0.15) is 0 Å². The molecule has 132 valence electrons. The molecule has 26 heavy (non-hydrogen) atoms. The lowest BCUT2D eigenvalue weighted by atomic mass is 9.99. The van der Waals surface area contributed by atoms with Gasteiger partial charge in [-0.3, -0.25) is 4.98 Å². The van der Waals surface area contributed by atoms with Crippen LogP contribution in [0.3, 0.4) is 0 Å². The molecule has 1 unspecified atom stereocenters. The van der Waals surface area contributed by atoms with Crippen LogP contribution in [0.1, 0.15) is 17.9 Å². The second kappa shape index (κ2) is 8.06. The van der Waals surface area contributed by atoms with Gasteiger partial charge in [-0.15, -0.1) is 0 Å². The Morgan fingerprint density at radius 1 is 0.923 bits per heavy atom. The summed E-state index contributed by atoms with van der Waals surface area (Å²) in [6.07, 6.45) is 4.79. The molecule has 1 aliphatic rings. The minimum Gasteiger partial charge on any atom is -0.353 e. The van der Waals surface area contributed by atoms with Gasteiger partial charge in [0.15, 0.2) is 0 Å². The number of likely N-dealkylation sites (tertiary alicyclic amines) is 1. The molecular weight excluding hydrogens is 322 g/mol. The molecular formula is C21H23N5. The van der Waals surface area contributed by atoms with E-state index in [0.717, 1.165) is 37.6 Å². The van der Waals surface area contributed by atoms with E-state index in [1.165, 1.54) is 12.0 Å². The summed E-state index contributed by atoms with van der Waals surface area (Å²) in [6, 6.07) is 18.5. The maximum atomic E-state index is 4.57. The third kappa shape index (κ3) is 4.06. The van der Waals surface area contributed by atoms with Gasteiger partial charge >= 0.3 is 0 Å². The predicted molar refractivity (Wildman–Crippen MR) is 104 cm³/mol. The van der Waals surface area contributed by atoms with Crippen molar-refractivity contribution in [2.45, 2.75) is 12.3 Å². The van der Waals surface area contributed by atoms with Gasteiger partial charge in [-0.25, -0.2) is 9.97 Å². The van der Waals surface area contributed by atoms with Crippen LogP contribution in [0, 0.1) is 0 Å². The van der Waals surface area contributed by atoms with E-state index in [9.17, 15) is 0 Å². The summed E-state index contributed by atoms with van der Waals surface area (Å²) in [5, 5.41) is 3.34. The highest BCUT2D eigenvalue weighted by atomic mass is 15.2. The minimum absolute atomic E-state index is 0.653. The van der Waals surface area contributed by atoms with Crippen LogP contribution in [0.15, 0.2) is 67.0 Å². The van der Waals surface area contributed by atoms with Gasteiger partial charge in [-0.2, -0.15) is 0 Å². The summed E-state index contributed by atoms with van der Waals surface area (Å²) in [5.74, 6) is 1.31. The lowest BCUT2D eigenvalue weighted by Gasteiger charge is -2.16. The molecule has 5 nitrogen and oxygen atoms in total. The van der Waals surface area contributed by atoms with Crippen LogP contribution in [0.4, 0.5) is 5.95 Å². The van der Waals surface area contributed by atoms with Gasteiger partial charge < -0.3 is 10.2 Å². The molecule has 1 saturated heterocycles. The van der Waals surface area contributed by atoms with Crippen LogP contribution in [0.5, 0.6) is 0 Å². The fourth-order valence-corrected chi connectivity index (χ4v) is 3.46. The summed E-state index contributed by atoms with van der Waals surface area (Å²) in [7, 11) is 0. The Bertz CT molecular complexity index is 822. The molecule has 4 rings (SSSR count). The summed E-state index contributed by atoms with van der Waals surface area (Å²) < 4.78 is 0. The summed E-state index contributed by atoms with van der Waals surface area (Å²) in [5.41, 5.74) is 3.16. The Morgan fingerprint density at radius 3 is 2.65 bits per heavy atom. The van der Waals surface area contributed by atoms with E-state index in [-0.39, 0.29) is 0 Å². The molecule has 1 fully saturated rings. The Kier molecular flexibility index (Phi) is 5.17. The number of anilines is 1. The smallest absolute Gasteiger partial charge is 0.223 e. The maximum Gasteiger partial charge on any atom is 0.223 e. The number of rotatable bonds is 6. The zero-order valence-corrected chi connectivity index (χ0v) is 14.8. The Labute approximate surface area is 154 Å². The normalized spacial score (nSPS) is 17.3. The second-order valence-electron chi connectivity index (χ2n) is 6.60. The lowest BCUT2D eigenvalue weighted by Crippen LogP contribution is -2.27. The summed E-state index contributed by atoms with van der Waals surface area (Å²) in [6.45, 7) is 4.12. The van der Waals surface area contributed by atoms with E-state index < -0.39 is 0 Å². The Balaban J connectivity index is 1.29. The van der Waals surface area contributed by atoms with E-state index in [1.807, 2.05) is 24.3 Å². The van der Waals surface area contributed by atoms with Gasteiger partial charge in [-0.05, 0) is 42.6 Å². The molecule has 5 heteroatoms. The lowest BCUT2D eigenvalue weighted by molar-refractivity contribution is 0.347. The van der Waals surface area contributed by atoms with Crippen LogP contribution < -0.4 is 5.32 Å². The molecule has 1 aliphatic heterocycles. The van der Waals surface area contributed by atoms with Crippen molar-refractivity contribution >= 4 is 5.95 Å². The summed E-state index contributed by atoms with van der Waals surface area (Å²) in [4.78, 5) is 15.7. The van der Waals surface area contributed by atoms with Crippen molar-refractivity contribution in [1.82, 2.24) is 19.9 Å². The fraction of sp³-hybridized carbons (Fsp3) is 0.286. The van der Waals surface area contributed by atoms with Crippen molar-refractivity contribution in [3.8, 4) is 11.4 Å². The van der Waals surface area contributed by atoms with Crippen molar-refractivity contribution in [1.29, 1.82) is 0 Å². The minimum atomic E-state index is 0.653. The zero-order chi connectivity index (χ0) is 17.6. The number of benzene rings is 1. The van der Waals surface area contributed by atoms with Crippen LogP contribution >= 0.6 is 0 Å². The zero-order valence-electron chi connectivity index (χ0n) is 14.8. The highest BCUT2D eigenvalue weighted by molar-refractivity contribution is 5.54. The quantitative estimate of drug-likeness (QED) is 0.742. The second-order valence-corrected chi connectivity index (χ2v) is 6.60. The average molecular weight is 345 g/mol. The molecule has 3 aromatic rings. The first-order chi connectivity index (χ1) is 12.9. The standard InChI is InChI=1S/C21H23N5/c1-2-6-17(7-3-1)18-10-14-26(16-18)15-13-24-21-23-12-9-20(25-21)19-8-4-5-11-22-19/h1-9,11-12,18H,10,13-16H2,(H,23,24,25). The first kappa shape index (κ1) is 16.7. The van der Waals surface area contributed by atoms with E-state index in [0.29, 0.717) is 11.9 Å². The molecule has 0 aliphatic carbocycles. The number of pyridine rings is 1. The van der Waals surface area contributed by atoms with E-state index in [2.05, 4.69) is 55.5 Å². The molecule has 1 aromatic carbocycles. The van der Waals surface area contributed by atoms with Crippen molar-refractivity contribution in [3.05, 3.63) is 72.6 Å². The molecule has 0 spiro atoms. The van der Waals surface area contributed by atoms with E-state index >= 15 is 0 Å². The van der Waals surface area contributed by atoms with Crippen LogP contribution in [-0.4, -0.2) is 46.0 Å². The molecule has 1 atom stereocenters. The Hall–Kier alpha value is -2.79. The molecule has 3 heterocycles. The van der Waals surface area contributed by atoms with E-state index in [4.69, 9.17) is 0 Å². The maximum absolute atomic E-state index is 4.57. The van der Waals surface area contributed by atoms with Crippen molar-refractivity contribution in [3.63, 3.8) is 0 Å². The molecule has 0 saturated carbocycles. The van der Waals surface area contributed by atoms with Crippen LogP contribution in [0.25, 0.3) is 11.4 Å². The van der Waals surface area contributed by atoms with E-state index in [1.54, 1.807) is 12.4 Å². The number of nitrogens with zero attached hydrogens (tertiary/aromatic N) is 4. The average Bonchev–Trinajstić information content (AvgIpc) is 3.19. The van der Waals surface area contributed by atoms with Gasteiger partial charge in [0, 0.05) is 32.0 Å². The van der Waals surface area contributed by atoms with Crippen molar-refractivity contribution < 1.29 is 0 Å². The van der Waals surface area contributed by atoms with Gasteiger partial charge in [0.25, 0.3) is 0 Å². The van der Waals surface area contributed by atoms with Gasteiger partial charge in [-0.1, -0.05) is 36.4 Å². The molecule has 1 N–H and O–H groups in total. The highest BCUT2D eigenvalue weighted by Gasteiger charge is 2.23. The highest BCUT2D eigenvalue weighted by Crippen LogP contribution is 2.26. The van der Waals surface area contributed by atoms with Crippen LogP contribution in [-0.2, 0) is 0 Å². The molecule has 0 radical (unpaired) electrons. The first-order valence-corrected chi connectivity index (χ1v) is 9.14. The fourth-order valence-electron chi connectivity index (χ4n) is 3.46.